The van der Waals surface area contributed by atoms with Gasteiger partial charge in [0.2, 0.25) is 0 Å². The maximum absolute atomic E-state index is 6.86. The molecule has 0 fully saturated rings. The van der Waals surface area contributed by atoms with Crippen molar-refractivity contribution in [3.05, 3.63) is 91.0 Å². The number of hydrogen-bond donors (Lipinski definition) is 0. The Bertz CT molecular complexity index is 734. The van der Waals surface area contributed by atoms with Crippen molar-refractivity contribution in [3.63, 3.8) is 0 Å². The Morgan fingerprint density at radius 1 is 0.769 bits per heavy atom. The molecule has 0 spiro atoms. The number of rotatable bonds is 4. The molecule has 0 bridgehead atoms. The average molecular weight is 432 g/mol. The summed E-state index contributed by atoms with van der Waals surface area (Å²) in [4.78, 5) is 0. The van der Waals surface area contributed by atoms with E-state index in [9.17, 15) is 0 Å². The second-order valence-electron chi connectivity index (χ2n) is 7.00. The molecule has 0 N–H and O–H groups in total. The Labute approximate surface area is 172 Å². The molecule has 0 saturated heterocycles. The van der Waals surface area contributed by atoms with Crippen molar-refractivity contribution in [1.29, 1.82) is 0 Å². The van der Waals surface area contributed by atoms with Crippen LogP contribution in [-0.2, 0) is 17.3 Å². The molecule has 4 heteroatoms. The van der Waals surface area contributed by atoms with Crippen LogP contribution in [0, 0.1) is 6.07 Å². The van der Waals surface area contributed by atoms with Gasteiger partial charge in [-0.15, -0.1) is 12.1 Å². The minimum atomic E-state index is -2.50. The summed E-state index contributed by atoms with van der Waals surface area (Å²) in [5, 5.41) is 2.56. The fourth-order valence-corrected chi connectivity index (χ4v) is 7.69. The molecule has 1 nitrogen and oxygen atoms in total. The van der Waals surface area contributed by atoms with E-state index in [1.165, 1.54) is 10.4 Å². The molecule has 0 amide bonds. The van der Waals surface area contributed by atoms with Crippen LogP contribution < -0.4 is 14.8 Å². The zero-order chi connectivity index (χ0) is 19.0. The van der Waals surface area contributed by atoms with Crippen molar-refractivity contribution in [1.82, 2.24) is 0 Å². The molecule has 0 aliphatic heterocycles. The Balaban J connectivity index is 0.00000117. The topological polar surface area (TPSA) is 9.23 Å². The van der Waals surface area contributed by atoms with Crippen molar-refractivity contribution in [2.24, 2.45) is 0 Å². The van der Waals surface area contributed by atoms with Gasteiger partial charge in [0.05, 0.1) is 0 Å². The molecule has 26 heavy (non-hydrogen) atoms. The predicted octanol–water partition coefficient (Wildman–Crippen LogP) is 5.11. The van der Waals surface area contributed by atoms with Crippen LogP contribution in [0.15, 0.2) is 84.9 Å². The van der Waals surface area contributed by atoms with Gasteiger partial charge in [0, 0.05) is 0 Å². The van der Waals surface area contributed by atoms with Gasteiger partial charge in [-0.3, -0.25) is 0 Å². The molecule has 0 saturated carbocycles. The Morgan fingerprint density at radius 2 is 1.19 bits per heavy atom. The summed E-state index contributed by atoms with van der Waals surface area (Å²) in [6.07, 6.45) is 0. The zero-order valence-corrected chi connectivity index (χ0v) is 20.3. The van der Waals surface area contributed by atoms with Crippen molar-refractivity contribution < 1.29 is 21.7 Å². The second-order valence-corrected chi connectivity index (χ2v) is 11.2. The first-order valence-corrected chi connectivity index (χ1v) is 14.4. The Hall–Kier alpha value is -1.41. The summed E-state index contributed by atoms with van der Waals surface area (Å²) in [5.41, 5.74) is 0. The summed E-state index contributed by atoms with van der Waals surface area (Å²) in [5.74, 6) is 0.906. The van der Waals surface area contributed by atoms with Crippen LogP contribution in [-0.4, -0.2) is 8.32 Å². The summed E-state index contributed by atoms with van der Waals surface area (Å²) >= 11 is 0.847. The van der Waals surface area contributed by atoms with E-state index in [0.717, 1.165) is 23.1 Å². The predicted molar refractivity (Wildman–Crippen MR) is 109 cm³/mol. The van der Waals surface area contributed by atoms with E-state index in [4.69, 9.17) is 14.1 Å². The molecule has 0 radical (unpaired) electrons. The molecular weight excluding hydrogens is 409 g/mol. The molecule has 3 aromatic carbocycles. The third-order valence-corrected chi connectivity index (χ3v) is 9.32. The molecular formula is C22H23ClOSiZn. The van der Waals surface area contributed by atoms with Crippen molar-refractivity contribution in [2.75, 3.05) is 0 Å². The molecule has 0 unspecified atom stereocenters. The van der Waals surface area contributed by atoms with Gasteiger partial charge in [-0.1, -0.05) is 81.4 Å². The molecule has 0 atom stereocenters. The molecule has 0 aliphatic rings. The van der Waals surface area contributed by atoms with Crippen LogP contribution >= 0.6 is 9.69 Å². The van der Waals surface area contributed by atoms with Crippen molar-refractivity contribution in [3.8, 4) is 5.75 Å². The quantitative estimate of drug-likeness (QED) is 0.411. The first-order chi connectivity index (χ1) is 12.5. The molecule has 3 aromatic rings. The van der Waals surface area contributed by atoms with E-state index >= 15 is 0 Å². The summed E-state index contributed by atoms with van der Waals surface area (Å²) in [6.45, 7) is 6.86. The second kappa shape index (κ2) is 9.50. The number of benzene rings is 3. The van der Waals surface area contributed by atoms with E-state index in [1.54, 1.807) is 0 Å². The fourth-order valence-electron chi connectivity index (χ4n) is 3.27. The first-order valence-electron chi connectivity index (χ1n) is 8.57. The fraction of sp³-hybridized carbons (Fsp3) is 0.182. The minimum absolute atomic E-state index is 0.0186. The average Bonchev–Trinajstić information content (AvgIpc) is 2.69. The van der Waals surface area contributed by atoms with Crippen LogP contribution in [0.25, 0.3) is 0 Å². The standard InChI is InChI=1S/C22H23OSi.ClH.Zn/c1-22(2,3)24(20-15-9-5-10-16-20,21-17-11-6-12-18-21)23-19-13-7-4-8-14-19;;/h5-18H,1-3H3;1H;/q-1;;+2/p-1. The molecule has 3 rings (SSSR count). The van der Waals surface area contributed by atoms with Crippen LogP contribution in [0.2, 0.25) is 5.04 Å². The normalized spacial score (nSPS) is 11.3. The van der Waals surface area contributed by atoms with Gasteiger partial charge in [-0.25, -0.2) is 0 Å². The van der Waals surface area contributed by atoms with Gasteiger partial charge >= 0.3 is 35.3 Å². The molecule has 0 aliphatic carbocycles. The van der Waals surface area contributed by atoms with E-state index in [2.05, 4.69) is 87.5 Å². The first kappa shape index (κ1) is 20.9. The summed E-state index contributed by atoms with van der Waals surface area (Å²) < 4.78 is 6.86. The maximum atomic E-state index is 6.86. The van der Waals surface area contributed by atoms with Crippen LogP contribution in [0.5, 0.6) is 5.75 Å². The number of halogens is 1. The summed E-state index contributed by atoms with van der Waals surface area (Å²) in [6, 6.07) is 32.3. The van der Waals surface area contributed by atoms with Gasteiger partial charge in [0.25, 0.3) is 0 Å². The van der Waals surface area contributed by atoms with Crippen LogP contribution in [0.1, 0.15) is 20.8 Å². The Morgan fingerprint density at radius 3 is 1.58 bits per heavy atom. The van der Waals surface area contributed by atoms with E-state index in [-0.39, 0.29) is 5.04 Å². The van der Waals surface area contributed by atoms with Gasteiger partial charge in [-0.2, -0.15) is 18.2 Å². The molecule has 0 aromatic heterocycles. The van der Waals surface area contributed by atoms with E-state index in [1.807, 2.05) is 24.3 Å². The van der Waals surface area contributed by atoms with Gasteiger partial charge in [0.1, 0.15) is 0 Å². The van der Waals surface area contributed by atoms with Gasteiger partial charge in [-0.05, 0) is 21.2 Å². The van der Waals surface area contributed by atoms with Gasteiger partial charge in [0.15, 0.2) is 0 Å². The Kier molecular flexibility index (Phi) is 7.64. The third-order valence-electron chi connectivity index (χ3n) is 4.38. The molecule has 0 heterocycles. The van der Waals surface area contributed by atoms with E-state index < -0.39 is 8.32 Å². The molecule has 130 valence electrons. The van der Waals surface area contributed by atoms with Crippen molar-refractivity contribution in [2.45, 2.75) is 25.8 Å². The third kappa shape index (κ3) is 4.46. The SMILES string of the molecule is CC(C)(C)[Si](Oc1cc[c-]cc1)(c1ccccc1)c1ccccc1.[Cl][Zn+]. The zero-order valence-electron chi connectivity index (χ0n) is 15.6. The van der Waals surface area contributed by atoms with Crippen LogP contribution in [0.3, 0.4) is 0 Å². The monoisotopic (exact) mass is 430 g/mol. The summed E-state index contributed by atoms with van der Waals surface area (Å²) in [7, 11) is 2.26. The van der Waals surface area contributed by atoms with E-state index in [0.29, 0.717) is 0 Å². The van der Waals surface area contributed by atoms with Gasteiger partial charge < -0.3 is 4.43 Å². The number of hydrogen-bond acceptors (Lipinski definition) is 1. The van der Waals surface area contributed by atoms with Crippen LogP contribution in [0.4, 0.5) is 0 Å². The van der Waals surface area contributed by atoms with Crippen molar-refractivity contribution >= 4 is 28.4 Å².